The van der Waals surface area contributed by atoms with Crippen LogP contribution in [0.15, 0.2) is 11.6 Å². The minimum absolute atomic E-state index is 0.0197. The Bertz CT molecular complexity index is 211. The summed E-state index contributed by atoms with van der Waals surface area (Å²) < 4.78 is 0. The van der Waals surface area contributed by atoms with Crippen molar-refractivity contribution in [2.45, 2.75) is 27.7 Å². The average Bonchev–Trinajstić information content (AvgIpc) is 1.96. The van der Waals surface area contributed by atoms with Crippen molar-refractivity contribution in [2.75, 3.05) is 6.61 Å². The quantitative estimate of drug-likeness (QED) is 0.659. The molecule has 0 spiro atoms. The SMILES string of the molecule is CC(=CC(CO)C(C)(C)C)C(=O)O. The molecule has 0 aromatic rings. The molecule has 3 heteroatoms. The lowest BCUT2D eigenvalue weighted by molar-refractivity contribution is -0.132. The number of carboxylic acid groups (broad SMARTS) is 1. The molecule has 0 amide bonds. The first-order valence-electron chi connectivity index (χ1n) is 4.31. The first-order chi connectivity index (χ1) is 5.79. The second-order valence-corrected chi connectivity index (χ2v) is 4.31. The fourth-order valence-corrected chi connectivity index (χ4v) is 0.950. The lowest BCUT2D eigenvalue weighted by atomic mass is 9.80. The molecule has 2 N–H and O–H groups in total. The molecule has 0 aliphatic carbocycles. The van der Waals surface area contributed by atoms with Gasteiger partial charge in [-0.1, -0.05) is 26.8 Å². The zero-order valence-electron chi connectivity index (χ0n) is 8.66. The molecule has 0 saturated carbocycles. The van der Waals surface area contributed by atoms with Gasteiger partial charge in [-0.15, -0.1) is 0 Å². The molecule has 0 aliphatic rings. The second-order valence-electron chi connectivity index (χ2n) is 4.31. The van der Waals surface area contributed by atoms with Gasteiger partial charge in [0.25, 0.3) is 0 Å². The van der Waals surface area contributed by atoms with E-state index in [1.54, 1.807) is 6.08 Å². The van der Waals surface area contributed by atoms with E-state index in [2.05, 4.69) is 0 Å². The number of aliphatic hydroxyl groups excluding tert-OH is 1. The first-order valence-corrected chi connectivity index (χ1v) is 4.31. The fourth-order valence-electron chi connectivity index (χ4n) is 0.950. The van der Waals surface area contributed by atoms with Crippen molar-refractivity contribution >= 4 is 5.97 Å². The molecule has 0 saturated heterocycles. The number of carbonyl (C=O) groups is 1. The van der Waals surface area contributed by atoms with Crippen LogP contribution in [0, 0.1) is 11.3 Å². The lowest BCUT2D eigenvalue weighted by Gasteiger charge is -2.26. The van der Waals surface area contributed by atoms with Gasteiger partial charge in [-0.2, -0.15) is 0 Å². The van der Waals surface area contributed by atoms with Gasteiger partial charge in [0.1, 0.15) is 0 Å². The van der Waals surface area contributed by atoms with Crippen molar-refractivity contribution in [3.8, 4) is 0 Å². The van der Waals surface area contributed by atoms with E-state index in [1.807, 2.05) is 20.8 Å². The summed E-state index contributed by atoms with van der Waals surface area (Å²) >= 11 is 0. The van der Waals surface area contributed by atoms with E-state index in [4.69, 9.17) is 10.2 Å². The van der Waals surface area contributed by atoms with Gasteiger partial charge in [-0.25, -0.2) is 4.79 Å². The molecule has 0 rings (SSSR count). The number of rotatable bonds is 3. The van der Waals surface area contributed by atoms with Crippen LogP contribution in [0.2, 0.25) is 0 Å². The van der Waals surface area contributed by atoms with Crippen LogP contribution in [-0.4, -0.2) is 22.8 Å². The van der Waals surface area contributed by atoms with E-state index < -0.39 is 5.97 Å². The van der Waals surface area contributed by atoms with Gasteiger partial charge in [0.05, 0.1) is 0 Å². The predicted octanol–water partition coefficient (Wildman–Crippen LogP) is 1.67. The summed E-state index contributed by atoms with van der Waals surface area (Å²) in [6.07, 6.45) is 1.61. The number of aliphatic hydroxyl groups is 1. The molecule has 0 bridgehead atoms. The maximum atomic E-state index is 10.5. The van der Waals surface area contributed by atoms with Crippen LogP contribution in [-0.2, 0) is 4.79 Å². The van der Waals surface area contributed by atoms with Crippen LogP contribution < -0.4 is 0 Å². The Morgan fingerprint density at radius 2 is 1.92 bits per heavy atom. The van der Waals surface area contributed by atoms with Crippen molar-refractivity contribution in [1.29, 1.82) is 0 Å². The van der Waals surface area contributed by atoms with E-state index in [1.165, 1.54) is 6.92 Å². The normalized spacial score (nSPS) is 15.6. The largest absolute Gasteiger partial charge is 0.478 e. The zero-order chi connectivity index (χ0) is 10.6. The lowest BCUT2D eigenvalue weighted by Crippen LogP contribution is -2.22. The summed E-state index contributed by atoms with van der Waals surface area (Å²) in [5.41, 5.74) is 0.180. The Hall–Kier alpha value is -0.830. The van der Waals surface area contributed by atoms with Crippen LogP contribution in [0.3, 0.4) is 0 Å². The molecule has 0 fully saturated rings. The average molecular weight is 186 g/mol. The third kappa shape index (κ3) is 4.08. The topological polar surface area (TPSA) is 57.5 Å². The molecule has 3 nitrogen and oxygen atoms in total. The second kappa shape index (κ2) is 4.42. The van der Waals surface area contributed by atoms with Gasteiger partial charge in [0.2, 0.25) is 0 Å². The molecule has 0 heterocycles. The highest BCUT2D eigenvalue weighted by Crippen LogP contribution is 2.27. The van der Waals surface area contributed by atoms with Gasteiger partial charge in [0.15, 0.2) is 0 Å². The monoisotopic (exact) mass is 186 g/mol. The fraction of sp³-hybridized carbons (Fsp3) is 0.700. The van der Waals surface area contributed by atoms with Crippen molar-refractivity contribution in [3.05, 3.63) is 11.6 Å². The predicted molar refractivity (Wildman–Crippen MR) is 51.4 cm³/mol. The molecule has 13 heavy (non-hydrogen) atoms. The minimum atomic E-state index is -0.928. The summed E-state index contributed by atoms with van der Waals surface area (Å²) in [5.74, 6) is -1.04. The molecule has 0 radical (unpaired) electrons. The van der Waals surface area contributed by atoms with Crippen molar-refractivity contribution < 1.29 is 15.0 Å². The summed E-state index contributed by atoms with van der Waals surface area (Å²) in [4.78, 5) is 10.5. The maximum absolute atomic E-state index is 10.5. The number of hydrogen-bond acceptors (Lipinski definition) is 2. The van der Waals surface area contributed by atoms with Crippen molar-refractivity contribution in [2.24, 2.45) is 11.3 Å². The van der Waals surface area contributed by atoms with Gasteiger partial charge < -0.3 is 10.2 Å². The van der Waals surface area contributed by atoms with E-state index in [-0.39, 0.29) is 23.5 Å². The highest BCUT2D eigenvalue weighted by molar-refractivity contribution is 5.85. The Balaban J connectivity index is 4.64. The Morgan fingerprint density at radius 3 is 2.15 bits per heavy atom. The summed E-state index contributed by atoms with van der Waals surface area (Å²) in [7, 11) is 0. The van der Waals surface area contributed by atoms with Gasteiger partial charge >= 0.3 is 5.97 Å². The van der Waals surface area contributed by atoms with Crippen LogP contribution >= 0.6 is 0 Å². The number of aliphatic carboxylic acids is 1. The van der Waals surface area contributed by atoms with Crippen LogP contribution in [0.25, 0.3) is 0 Å². The minimum Gasteiger partial charge on any atom is -0.478 e. The molecule has 0 aromatic heterocycles. The summed E-state index contributed by atoms with van der Waals surface area (Å²) in [6, 6.07) is 0. The highest BCUT2D eigenvalue weighted by Gasteiger charge is 2.22. The molecule has 0 aromatic carbocycles. The Morgan fingerprint density at radius 1 is 1.46 bits per heavy atom. The van der Waals surface area contributed by atoms with E-state index in [0.29, 0.717) is 0 Å². The van der Waals surface area contributed by atoms with Gasteiger partial charge in [-0.3, -0.25) is 0 Å². The van der Waals surface area contributed by atoms with Crippen LogP contribution in [0.5, 0.6) is 0 Å². The molecule has 1 atom stereocenters. The van der Waals surface area contributed by atoms with E-state index in [9.17, 15) is 4.79 Å². The maximum Gasteiger partial charge on any atom is 0.330 e. The molecule has 1 unspecified atom stereocenters. The summed E-state index contributed by atoms with van der Waals surface area (Å²) in [5, 5.41) is 17.7. The Kier molecular flexibility index (Phi) is 4.14. The van der Waals surface area contributed by atoms with E-state index in [0.717, 1.165) is 0 Å². The van der Waals surface area contributed by atoms with E-state index >= 15 is 0 Å². The standard InChI is InChI=1S/C10H18O3/c1-7(9(12)13)5-8(6-11)10(2,3)4/h5,8,11H,6H2,1-4H3,(H,12,13). The van der Waals surface area contributed by atoms with Gasteiger partial charge in [-0.05, 0) is 12.3 Å². The summed E-state index contributed by atoms with van der Waals surface area (Å²) in [6.45, 7) is 7.43. The molecule has 0 aliphatic heterocycles. The first kappa shape index (κ1) is 12.2. The third-order valence-electron chi connectivity index (χ3n) is 2.10. The van der Waals surface area contributed by atoms with Crippen molar-refractivity contribution in [3.63, 3.8) is 0 Å². The zero-order valence-corrected chi connectivity index (χ0v) is 8.66. The third-order valence-corrected chi connectivity index (χ3v) is 2.10. The van der Waals surface area contributed by atoms with Gasteiger partial charge in [0, 0.05) is 18.1 Å². The smallest absolute Gasteiger partial charge is 0.330 e. The number of hydrogen-bond donors (Lipinski definition) is 2. The van der Waals surface area contributed by atoms with Crippen LogP contribution in [0.1, 0.15) is 27.7 Å². The molecular formula is C10H18O3. The Labute approximate surface area is 79.1 Å². The number of carboxylic acids is 1. The van der Waals surface area contributed by atoms with Crippen molar-refractivity contribution in [1.82, 2.24) is 0 Å². The van der Waals surface area contributed by atoms with Crippen LogP contribution in [0.4, 0.5) is 0 Å². The molecule has 76 valence electrons. The highest BCUT2D eigenvalue weighted by atomic mass is 16.4. The molecular weight excluding hydrogens is 168 g/mol.